The maximum Gasteiger partial charge on any atom is 0.188 e. The number of nitrogens with one attached hydrogen (secondary N) is 7. The van der Waals surface area contributed by atoms with Gasteiger partial charge in [-0.15, -0.1) is 51.4 Å². The molecule has 0 bridgehead atoms. The van der Waals surface area contributed by atoms with Crippen LogP contribution in [0.5, 0.6) is 0 Å². The fraction of sp³-hybridized carbons (Fsp3) is 0.792. The monoisotopic (exact) mass is 655 g/mol. The van der Waals surface area contributed by atoms with Crippen molar-refractivity contribution in [2.75, 3.05) is 19.6 Å². The summed E-state index contributed by atoms with van der Waals surface area (Å²) in [6, 6.07) is 0. The molecule has 23 heteroatoms. The van der Waals surface area contributed by atoms with Crippen molar-refractivity contribution in [2.24, 2.45) is 5.10 Å². The van der Waals surface area contributed by atoms with E-state index in [2.05, 4.69) is 146 Å². The van der Waals surface area contributed by atoms with Crippen LogP contribution < -0.4 is 16.5 Å². The van der Waals surface area contributed by atoms with E-state index in [1.807, 2.05) is 0 Å². The Bertz CT molecular complexity index is 1370. The maximum atomic E-state index is 4.36. The Hall–Kier alpha value is -4.61. The molecule has 4 aromatic heterocycles. The van der Waals surface area contributed by atoms with Crippen LogP contribution >= 0.6 is 0 Å². The number of aromatic amines is 4. The molecule has 7 N–H and O–H groups in total. The van der Waals surface area contributed by atoms with Gasteiger partial charge in [-0.3, -0.25) is 20.1 Å². The van der Waals surface area contributed by atoms with Gasteiger partial charge in [0, 0.05) is 24.2 Å². The van der Waals surface area contributed by atoms with Gasteiger partial charge in [-0.25, -0.2) is 5.53 Å². The van der Waals surface area contributed by atoms with Crippen LogP contribution in [-0.2, 0) is 26.2 Å². The quantitative estimate of drug-likeness (QED) is 0.0511. The van der Waals surface area contributed by atoms with Gasteiger partial charge in [0.25, 0.3) is 0 Å². The van der Waals surface area contributed by atoms with E-state index >= 15 is 0 Å². The van der Waals surface area contributed by atoms with Crippen LogP contribution in [0.3, 0.4) is 0 Å². The van der Waals surface area contributed by atoms with Gasteiger partial charge in [-0.2, -0.15) is 20.9 Å². The molecule has 23 nitrogen and oxygen atoms in total. The van der Waals surface area contributed by atoms with Crippen molar-refractivity contribution in [3.63, 3.8) is 0 Å². The minimum Gasteiger partial charge on any atom is -0.290 e. The summed E-state index contributed by atoms with van der Waals surface area (Å²) in [6.45, 7) is 13.1. The summed E-state index contributed by atoms with van der Waals surface area (Å²) in [5.41, 5.74) is 8.31. The van der Waals surface area contributed by atoms with E-state index < -0.39 is 0 Å². The Kier molecular flexibility index (Phi) is 11.7. The van der Waals surface area contributed by atoms with Crippen molar-refractivity contribution in [3.05, 3.63) is 23.3 Å². The van der Waals surface area contributed by atoms with Crippen molar-refractivity contribution in [1.82, 2.24) is 114 Å². The smallest absolute Gasteiger partial charge is 0.188 e. The van der Waals surface area contributed by atoms with Gasteiger partial charge in [0.05, 0.1) is 32.7 Å². The van der Waals surface area contributed by atoms with Gasteiger partial charge < -0.3 is 0 Å². The van der Waals surface area contributed by atoms with Gasteiger partial charge in [-0.05, 0) is 38.5 Å². The third-order valence-electron chi connectivity index (χ3n) is 9.46. The number of hydrogen-bond acceptors (Lipinski definition) is 19. The second-order valence-electron chi connectivity index (χ2n) is 11.6. The molecular weight excluding hydrogens is 610 g/mol. The van der Waals surface area contributed by atoms with Gasteiger partial charge in [0.1, 0.15) is 0 Å². The first-order valence-corrected chi connectivity index (χ1v) is 16.0. The molecule has 0 amide bonds. The van der Waals surface area contributed by atoms with Crippen LogP contribution in [0.4, 0.5) is 0 Å². The highest BCUT2D eigenvalue weighted by Crippen LogP contribution is 2.35. The first kappa shape index (κ1) is 33.7. The molecule has 0 aliphatic carbocycles. The number of aromatic nitrogens is 16. The first-order valence-electron chi connectivity index (χ1n) is 16.0. The molecule has 0 fully saturated rings. The summed E-state index contributed by atoms with van der Waals surface area (Å²) in [5, 5.41) is 63.7. The van der Waals surface area contributed by atoms with Crippen molar-refractivity contribution >= 4 is 5.84 Å². The van der Waals surface area contributed by atoms with E-state index in [0.717, 1.165) is 57.5 Å². The lowest BCUT2D eigenvalue weighted by molar-refractivity contribution is 0.0120. The zero-order valence-corrected chi connectivity index (χ0v) is 27.3. The van der Waals surface area contributed by atoms with E-state index in [0.29, 0.717) is 56.0 Å². The summed E-state index contributed by atoms with van der Waals surface area (Å²) in [7, 11) is 0. The largest absolute Gasteiger partial charge is 0.290 e. The Labute approximate surface area is 271 Å². The molecule has 256 valence electrons. The predicted molar refractivity (Wildman–Crippen MR) is 164 cm³/mol. The van der Waals surface area contributed by atoms with Crippen molar-refractivity contribution in [1.29, 1.82) is 0 Å². The van der Waals surface area contributed by atoms with Gasteiger partial charge >= 0.3 is 0 Å². The zero-order valence-electron chi connectivity index (χ0n) is 27.3. The summed E-state index contributed by atoms with van der Waals surface area (Å²) < 4.78 is 0. The van der Waals surface area contributed by atoms with Crippen LogP contribution in [0.25, 0.3) is 0 Å². The summed E-state index contributed by atoms with van der Waals surface area (Å²) in [4.78, 5) is 7.14. The molecule has 0 saturated heterocycles. The van der Waals surface area contributed by atoms with Crippen molar-refractivity contribution in [3.8, 4) is 0 Å². The number of hydrazine groups is 2. The molecule has 1 aliphatic heterocycles. The van der Waals surface area contributed by atoms with Crippen molar-refractivity contribution in [2.45, 2.75) is 103 Å². The Morgan fingerprint density at radius 3 is 1.40 bits per heavy atom. The molecule has 5 heterocycles. The highest BCUT2D eigenvalue weighted by molar-refractivity contribution is 5.84. The van der Waals surface area contributed by atoms with Crippen LogP contribution in [-0.4, -0.2) is 134 Å². The fourth-order valence-electron chi connectivity index (χ4n) is 6.43. The number of tetrazole rings is 4. The second kappa shape index (κ2) is 16.3. The summed E-state index contributed by atoms with van der Waals surface area (Å²) in [5.74, 6) is 3.25. The van der Waals surface area contributed by atoms with E-state index in [9.17, 15) is 0 Å². The number of nitrogens with zero attached hydrogens (tertiary/aromatic N) is 16. The van der Waals surface area contributed by atoms with E-state index in [-0.39, 0.29) is 11.1 Å². The van der Waals surface area contributed by atoms with E-state index in [4.69, 9.17) is 0 Å². The lowest BCUT2D eigenvalue weighted by Gasteiger charge is -2.48. The van der Waals surface area contributed by atoms with Crippen LogP contribution in [0.1, 0.15) is 89.5 Å². The summed E-state index contributed by atoms with van der Waals surface area (Å²) in [6.07, 6.45) is 5.34. The second-order valence-corrected chi connectivity index (χ2v) is 11.6. The molecule has 5 rings (SSSR count). The van der Waals surface area contributed by atoms with E-state index in [1.54, 1.807) is 0 Å². The third kappa shape index (κ3) is 8.60. The maximum absolute atomic E-state index is 4.36. The van der Waals surface area contributed by atoms with Gasteiger partial charge in [-0.1, -0.05) is 48.5 Å². The minimum atomic E-state index is -0.209. The van der Waals surface area contributed by atoms with Gasteiger partial charge in [0.2, 0.25) is 0 Å². The molecule has 47 heavy (non-hydrogen) atoms. The van der Waals surface area contributed by atoms with Crippen LogP contribution in [0, 0.1) is 0 Å². The molecule has 0 saturated carbocycles. The molecule has 4 aromatic rings. The minimum absolute atomic E-state index is 0.190. The number of H-pyrrole nitrogens is 4. The normalized spacial score (nSPS) is 13.9. The number of amidine groups is 1. The zero-order chi connectivity index (χ0) is 33.0. The number of hydrogen-bond donors (Lipinski definition) is 7. The average molecular weight is 656 g/mol. The van der Waals surface area contributed by atoms with E-state index in [1.165, 1.54) is 0 Å². The van der Waals surface area contributed by atoms with Crippen molar-refractivity contribution < 1.29 is 0 Å². The molecule has 1 aliphatic rings. The molecular formula is C24H45N23. The van der Waals surface area contributed by atoms with Crippen LogP contribution in [0.15, 0.2) is 5.10 Å². The standard InChI is InChI=1S/C24H45N23/c1-5-23(6-2,9-11-45(13-18-25-35-36-26-18)14-19-27-37-38-28-19)46(15-20-29-39-40-30-20)12-10-24(7-3,8-4)47(16-21-31-41-42-32-21)17-22-33-43-44-34-22/h41-42H,5-17H2,1-4H3,(H,31,32)(H,25,26,35,36)(H,27,28,37,38)(H,29,30,39,40)(H,33,34,43,44). The lowest BCUT2D eigenvalue weighted by Crippen LogP contribution is -2.55. The summed E-state index contributed by atoms with van der Waals surface area (Å²) >= 11 is 0. The Balaban J connectivity index is 1.39. The Morgan fingerprint density at radius 2 is 0.979 bits per heavy atom. The SMILES string of the molecule is CCC(CC)(CCN(Cc1nn[nH]n1)Cc1nn[nH]n1)N(CCC(CC)(CC)N(CC1=NNNN1)Cc1nn[nH]n1)Cc1nn[nH]n1. The molecule has 0 aromatic carbocycles. The lowest BCUT2D eigenvalue weighted by atomic mass is 9.83. The topological polar surface area (TPSA) is 276 Å². The first-order chi connectivity index (χ1) is 23.0. The van der Waals surface area contributed by atoms with Crippen LogP contribution in [0.2, 0.25) is 0 Å². The molecule has 0 spiro atoms. The third-order valence-corrected chi connectivity index (χ3v) is 9.46. The van der Waals surface area contributed by atoms with Gasteiger partial charge in [0.15, 0.2) is 29.1 Å². The Morgan fingerprint density at radius 1 is 0.532 bits per heavy atom. The number of hydrazone groups is 1. The molecule has 0 radical (unpaired) electrons. The predicted octanol–water partition coefficient (Wildman–Crippen LogP) is -1.43. The number of rotatable bonds is 22. The highest BCUT2D eigenvalue weighted by Gasteiger charge is 2.40. The molecule has 0 unspecified atom stereocenters. The average Bonchev–Trinajstić information content (AvgIpc) is 3.93. The molecule has 0 atom stereocenters. The highest BCUT2D eigenvalue weighted by atomic mass is 15.8. The fourth-order valence-corrected chi connectivity index (χ4v) is 6.43.